The molecular weight excluding hydrogens is 490 g/mol. The molecule has 1 atom stereocenters. The molecule has 2 aromatic heterocycles. The number of ether oxygens (including phenoxy) is 2. The third kappa shape index (κ3) is 5.33. The first-order chi connectivity index (χ1) is 19.1. The molecule has 0 amide bonds. The van der Waals surface area contributed by atoms with Crippen LogP contribution >= 0.6 is 0 Å². The highest BCUT2D eigenvalue weighted by Gasteiger charge is 2.28. The third-order valence-electron chi connectivity index (χ3n) is 7.51. The molecule has 1 fully saturated rings. The maximum Gasteiger partial charge on any atom is 0.249 e. The maximum absolute atomic E-state index is 11.8. The second kappa shape index (κ2) is 10.8. The average Bonchev–Trinajstić information content (AvgIpc) is 2.98. The van der Waals surface area contributed by atoms with E-state index in [1.807, 2.05) is 24.5 Å². The molecule has 0 radical (unpaired) electrons. The predicted octanol–water partition coefficient (Wildman–Crippen LogP) is 5.11. The Morgan fingerprint density at radius 1 is 1.13 bits per heavy atom. The molecule has 1 unspecified atom stereocenters. The molecular formula is C31H33N5O3. The predicted molar refractivity (Wildman–Crippen MR) is 154 cm³/mol. The van der Waals surface area contributed by atoms with Crippen molar-refractivity contribution >= 4 is 17.1 Å². The smallest absolute Gasteiger partial charge is 0.249 e. The average molecular weight is 524 g/mol. The van der Waals surface area contributed by atoms with E-state index >= 15 is 0 Å². The van der Waals surface area contributed by atoms with E-state index in [0.29, 0.717) is 19.7 Å². The van der Waals surface area contributed by atoms with Crippen LogP contribution in [0.5, 0.6) is 11.5 Å². The number of fused-ring (bicyclic) bond motifs is 2. The van der Waals surface area contributed by atoms with Crippen molar-refractivity contribution in [3.8, 4) is 11.5 Å². The lowest BCUT2D eigenvalue weighted by Gasteiger charge is -2.36. The largest absolute Gasteiger partial charge is 0.456 e. The Morgan fingerprint density at radius 3 is 2.92 bits per heavy atom. The number of aromatic nitrogens is 2. The molecule has 8 nitrogen and oxygen atoms in total. The number of hydrogen-bond donors (Lipinski definition) is 2. The van der Waals surface area contributed by atoms with Crippen LogP contribution in [0.1, 0.15) is 35.3 Å². The van der Waals surface area contributed by atoms with Gasteiger partial charge in [0.05, 0.1) is 18.5 Å². The number of para-hydroxylation sites is 1. The molecule has 0 bridgehead atoms. The van der Waals surface area contributed by atoms with Gasteiger partial charge in [-0.1, -0.05) is 18.2 Å². The molecule has 2 aliphatic rings. The van der Waals surface area contributed by atoms with E-state index in [-0.39, 0.29) is 11.7 Å². The summed E-state index contributed by atoms with van der Waals surface area (Å²) >= 11 is 0. The number of anilines is 3. The van der Waals surface area contributed by atoms with Crippen molar-refractivity contribution in [2.24, 2.45) is 0 Å². The Balaban J connectivity index is 1.17. The highest BCUT2D eigenvalue weighted by Crippen LogP contribution is 2.43. The topological polar surface area (TPSA) is 82.7 Å². The number of H-pyrrole nitrogens is 1. The van der Waals surface area contributed by atoms with E-state index in [2.05, 4.69) is 75.5 Å². The quantitative estimate of drug-likeness (QED) is 0.307. The van der Waals surface area contributed by atoms with Gasteiger partial charge in [0.2, 0.25) is 5.56 Å². The van der Waals surface area contributed by atoms with E-state index in [1.165, 1.54) is 0 Å². The first kappa shape index (κ1) is 25.0. The zero-order chi connectivity index (χ0) is 26.8. The Kier molecular flexibility index (Phi) is 6.94. The lowest BCUT2D eigenvalue weighted by Crippen LogP contribution is -2.39. The van der Waals surface area contributed by atoms with Crippen LogP contribution in [0.2, 0.25) is 0 Å². The van der Waals surface area contributed by atoms with Crippen molar-refractivity contribution in [2.45, 2.75) is 26.0 Å². The Labute approximate surface area is 228 Å². The molecule has 2 aliphatic heterocycles. The van der Waals surface area contributed by atoms with Gasteiger partial charge in [-0.15, -0.1) is 0 Å². The van der Waals surface area contributed by atoms with Crippen LogP contribution in [0.4, 0.5) is 17.1 Å². The summed E-state index contributed by atoms with van der Waals surface area (Å²) in [5, 5.41) is 3.54. The van der Waals surface area contributed by atoms with E-state index in [0.717, 1.165) is 70.3 Å². The number of pyridine rings is 2. The van der Waals surface area contributed by atoms with Gasteiger partial charge in [0.25, 0.3) is 0 Å². The first-order valence-electron chi connectivity index (χ1n) is 13.4. The van der Waals surface area contributed by atoms with Gasteiger partial charge in [0.1, 0.15) is 17.6 Å². The zero-order valence-electron chi connectivity index (χ0n) is 22.3. The van der Waals surface area contributed by atoms with Gasteiger partial charge in [-0.05, 0) is 48.4 Å². The molecule has 4 aromatic rings. The van der Waals surface area contributed by atoms with Crippen molar-refractivity contribution in [1.29, 1.82) is 0 Å². The van der Waals surface area contributed by atoms with Crippen molar-refractivity contribution < 1.29 is 9.47 Å². The van der Waals surface area contributed by atoms with Crippen molar-refractivity contribution in [3.05, 3.63) is 106 Å². The summed E-state index contributed by atoms with van der Waals surface area (Å²) in [5.41, 5.74) is 7.45. The number of nitrogens with zero attached hydrogens (tertiary/aromatic N) is 3. The highest BCUT2D eigenvalue weighted by atomic mass is 16.5. The maximum atomic E-state index is 11.8. The molecule has 8 heteroatoms. The van der Waals surface area contributed by atoms with Gasteiger partial charge < -0.3 is 29.6 Å². The second-order valence-corrected chi connectivity index (χ2v) is 10.1. The van der Waals surface area contributed by atoms with Gasteiger partial charge in [-0.3, -0.25) is 9.78 Å². The molecule has 6 rings (SSSR count). The fraction of sp³-hybridized carbons (Fsp3) is 0.290. The van der Waals surface area contributed by atoms with Gasteiger partial charge in [-0.25, -0.2) is 0 Å². The first-order valence-corrected chi connectivity index (χ1v) is 13.4. The summed E-state index contributed by atoms with van der Waals surface area (Å²) in [4.78, 5) is 23.3. The summed E-state index contributed by atoms with van der Waals surface area (Å²) in [7, 11) is 2.07. The molecule has 0 spiro atoms. The zero-order valence-corrected chi connectivity index (χ0v) is 22.3. The van der Waals surface area contributed by atoms with Crippen LogP contribution in [0.25, 0.3) is 0 Å². The van der Waals surface area contributed by atoms with Gasteiger partial charge in [0.15, 0.2) is 0 Å². The minimum atomic E-state index is -0.147. The molecule has 0 aliphatic carbocycles. The van der Waals surface area contributed by atoms with Crippen LogP contribution in [-0.2, 0) is 17.7 Å². The summed E-state index contributed by atoms with van der Waals surface area (Å²) in [6, 6.07) is 18.3. The van der Waals surface area contributed by atoms with Gasteiger partial charge >= 0.3 is 0 Å². The molecule has 1 saturated heterocycles. The Hall–Kier alpha value is -4.30. The number of aromatic amines is 1. The standard InChI is InChI=1S/C31H33N5O3/c1-3-35(2)26-13-21(17-32-19-26)18-34-24-7-8-28-23(15-24)14-22-5-4-6-27(31(22)39-28)29-20-36(11-12-38-29)25-9-10-33-30(37)16-25/h4-10,13,15-17,19,29,34H,3,11-12,14,18,20H2,1-2H3,(H,33,37). The molecule has 4 heterocycles. The Bertz CT molecular complexity index is 1530. The minimum absolute atomic E-state index is 0.101. The van der Waals surface area contributed by atoms with Crippen LogP contribution in [0.15, 0.2) is 78.0 Å². The number of rotatable bonds is 7. The molecule has 2 N–H and O–H groups in total. The molecule has 39 heavy (non-hydrogen) atoms. The fourth-order valence-corrected chi connectivity index (χ4v) is 5.23. The summed E-state index contributed by atoms with van der Waals surface area (Å²) in [6.07, 6.45) is 6.13. The van der Waals surface area contributed by atoms with Crippen molar-refractivity contribution in [2.75, 3.05) is 48.4 Å². The van der Waals surface area contributed by atoms with Crippen molar-refractivity contribution in [3.63, 3.8) is 0 Å². The monoisotopic (exact) mass is 523 g/mol. The Morgan fingerprint density at radius 2 is 2.05 bits per heavy atom. The lowest BCUT2D eigenvalue weighted by atomic mass is 9.95. The normalized spacial score (nSPS) is 16.2. The van der Waals surface area contributed by atoms with E-state index in [4.69, 9.17) is 9.47 Å². The van der Waals surface area contributed by atoms with Gasteiger partial charge in [-0.2, -0.15) is 0 Å². The second-order valence-electron chi connectivity index (χ2n) is 10.1. The minimum Gasteiger partial charge on any atom is -0.456 e. The molecule has 200 valence electrons. The number of benzene rings is 2. The fourth-order valence-electron chi connectivity index (χ4n) is 5.23. The highest BCUT2D eigenvalue weighted by molar-refractivity contribution is 5.59. The molecule has 0 saturated carbocycles. The van der Waals surface area contributed by atoms with Crippen LogP contribution in [0, 0.1) is 0 Å². The number of morpholine rings is 1. The van der Waals surface area contributed by atoms with Crippen molar-refractivity contribution in [1.82, 2.24) is 9.97 Å². The summed E-state index contributed by atoms with van der Waals surface area (Å²) in [6.45, 7) is 5.74. The van der Waals surface area contributed by atoms with Crippen LogP contribution in [0.3, 0.4) is 0 Å². The number of hydrogen-bond acceptors (Lipinski definition) is 7. The number of nitrogens with one attached hydrogen (secondary N) is 2. The van der Waals surface area contributed by atoms with Crippen LogP contribution in [-0.4, -0.2) is 43.3 Å². The summed E-state index contributed by atoms with van der Waals surface area (Å²) in [5.74, 6) is 1.75. The summed E-state index contributed by atoms with van der Waals surface area (Å²) < 4.78 is 12.7. The van der Waals surface area contributed by atoms with E-state index < -0.39 is 0 Å². The molecule has 2 aromatic carbocycles. The van der Waals surface area contributed by atoms with E-state index in [9.17, 15) is 4.79 Å². The van der Waals surface area contributed by atoms with Crippen LogP contribution < -0.4 is 25.4 Å². The SMILES string of the molecule is CCN(C)c1cncc(CNc2ccc3c(c2)Cc2cccc(C4CN(c5cc[nH]c(=O)c5)CCO4)c2O3)c1. The van der Waals surface area contributed by atoms with Gasteiger partial charge in [0, 0.05) is 80.6 Å². The lowest BCUT2D eigenvalue weighted by molar-refractivity contribution is 0.0384. The van der Waals surface area contributed by atoms with E-state index in [1.54, 1.807) is 12.3 Å². The third-order valence-corrected chi connectivity index (χ3v) is 7.51.